The summed E-state index contributed by atoms with van der Waals surface area (Å²) in [7, 11) is 0. The molecule has 15 heavy (non-hydrogen) atoms. The molecule has 0 spiro atoms. The van der Waals surface area contributed by atoms with Crippen LogP contribution >= 0.6 is 27.3 Å². The lowest BCUT2D eigenvalue weighted by molar-refractivity contribution is 0.253. The molecule has 1 heterocycles. The van der Waals surface area contributed by atoms with Crippen molar-refractivity contribution in [2.45, 2.75) is 34.2 Å². The molecule has 0 amide bonds. The van der Waals surface area contributed by atoms with Gasteiger partial charge in [-0.3, -0.25) is 0 Å². The zero-order chi connectivity index (χ0) is 11.5. The van der Waals surface area contributed by atoms with Gasteiger partial charge in [0.1, 0.15) is 0 Å². The van der Waals surface area contributed by atoms with Crippen molar-refractivity contribution in [3.63, 3.8) is 0 Å². The Hall–Kier alpha value is 0.140. The molecule has 0 radical (unpaired) electrons. The second-order valence-corrected chi connectivity index (χ2v) is 7.65. The Morgan fingerprint density at radius 1 is 1.40 bits per heavy atom. The lowest BCUT2D eigenvalue weighted by Crippen LogP contribution is -2.29. The fraction of sp³-hybridized carbons (Fsp3) is 0.667. The van der Waals surface area contributed by atoms with Crippen molar-refractivity contribution in [3.05, 3.63) is 20.8 Å². The Labute approximate surface area is 105 Å². The number of thiophene rings is 1. The number of rotatable bonds is 4. The minimum absolute atomic E-state index is 0.392. The van der Waals surface area contributed by atoms with Gasteiger partial charge in [-0.2, -0.15) is 0 Å². The van der Waals surface area contributed by atoms with Gasteiger partial charge in [0.05, 0.1) is 3.79 Å². The SMILES string of the molecule is CC(CNCc1ccc(Br)s1)C(C)(C)C. The maximum Gasteiger partial charge on any atom is 0.0701 e. The molecule has 0 aliphatic rings. The topological polar surface area (TPSA) is 12.0 Å². The van der Waals surface area contributed by atoms with Gasteiger partial charge in [-0.15, -0.1) is 11.3 Å². The standard InChI is InChI=1S/C12H20BrNS/c1-9(12(2,3)4)7-14-8-10-5-6-11(13)15-10/h5-6,9,14H,7-8H2,1-4H3. The van der Waals surface area contributed by atoms with Crippen LogP contribution in [0.25, 0.3) is 0 Å². The number of halogens is 1. The van der Waals surface area contributed by atoms with E-state index in [0.717, 1.165) is 13.1 Å². The molecule has 86 valence electrons. The summed E-state index contributed by atoms with van der Waals surface area (Å²) in [6.07, 6.45) is 0. The van der Waals surface area contributed by atoms with Crippen LogP contribution in [0.4, 0.5) is 0 Å². The lowest BCUT2D eigenvalue weighted by Gasteiger charge is -2.27. The predicted octanol–water partition coefficient (Wildman–Crippen LogP) is 4.28. The van der Waals surface area contributed by atoms with Crippen LogP contribution in [0.1, 0.15) is 32.6 Å². The molecule has 0 aliphatic heterocycles. The van der Waals surface area contributed by atoms with Crippen LogP contribution in [0, 0.1) is 11.3 Å². The monoisotopic (exact) mass is 289 g/mol. The Morgan fingerprint density at radius 2 is 2.07 bits per heavy atom. The van der Waals surface area contributed by atoms with E-state index < -0.39 is 0 Å². The minimum atomic E-state index is 0.392. The van der Waals surface area contributed by atoms with Gasteiger partial charge in [0.15, 0.2) is 0 Å². The first kappa shape index (κ1) is 13.2. The molecule has 3 heteroatoms. The summed E-state index contributed by atoms with van der Waals surface area (Å²) in [5.74, 6) is 0.695. The molecule has 1 atom stereocenters. The molecule has 0 fully saturated rings. The third-order valence-corrected chi connectivity index (χ3v) is 4.48. The van der Waals surface area contributed by atoms with E-state index in [1.54, 1.807) is 11.3 Å². The van der Waals surface area contributed by atoms with Gasteiger partial charge in [-0.25, -0.2) is 0 Å². The molecule has 1 unspecified atom stereocenters. The zero-order valence-corrected chi connectivity index (χ0v) is 12.3. The van der Waals surface area contributed by atoms with E-state index >= 15 is 0 Å². The van der Waals surface area contributed by atoms with E-state index in [4.69, 9.17) is 0 Å². The Bertz CT molecular complexity index is 301. The molecular weight excluding hydrogens is 270 g/mol. The number of nitrogens with one attached hydrogen (secondary N) is 1. The molecule has 0 aliphatic carbocycles. The van der Waals surface area contributed by atoms with Gasteiger partial charge in [0.2, 0.25) is 0 Å². The molecule has 0 saturated heterocycles. The molecule has 1 aromatic rings. The summed E-state index contributed by atoms with van der Waals surface area (Å²) >= 11 is 5.28. The van der Waals surface area contributed by atoms with Crippen LogP contribution in [-0.4, -0.2) is 6.54 Å². The Kier molecular flexibility index (Phi) is 4.81. The highest BCUT2D eigenvalue weighted by Gasteiger charge is 2.19. The van der Waals surface area contributed by atoms with Crippen LogP contribution < -0.4 is 5.32 Å². The van der Waals surface area contributed by atoms with E-state index in [2.05, 4.69) is 61.1 Å². The average Bonchev–Trinajstić information content (AvgIpc) is 2.49. The molecule has 0 bridgehead atoms. The van der Waals surface area contributed by atoms with Gasteiger partial charge >= 0.3 is 0 Å². The van der Waals surface area contributed by atoms with E-state index in [1.807, 2.05) is 0 Å². The maximum absolute atomic E-state index is 3.51. The second kappa shape index (κ2) is 5.46. The lowest BCUT2D eigenvalue weighted by atomic mass is 9.82. The summed E-state index contributed by atoms with van der Waals surface area (Å²) in [6.45, 7) is 11.2. The van der Waals surface area contributed by atoms with E-state index in [9.17, 15) is 0 Å². The largest absolute Gasteiger partial charge is 0.312 e. The van der Waals surface area contributed by atoms with Crippen molar-refractivity contribution in [3.8, 4) is 0 Å². The minimum Gasteiger partial charge on any atom is -0.312 e. The quantitative estimate of drug-likeness (QED) is 0.872. The first-order valence-corrected chi connectivity index (χ1v) is 6.95. The fourth-order valence-electron chi connectivity index (χ4n) is 1.16. The number of hydrogen-bond acceptors (Lipinski definition) is 2. The highest BCUT2D eigenvalue weighted by molar-refractivity contribution is 9.11. The number of hydrogen-bond donors (Lipinski definition) is 1. The third kappa shape index (κ3) is 4.66. The van der Waals surface area contributed by atoms with E-state index in [1.165, 1.54) is 8.66 Å². The average molecular weight is 290 g/mol. The first-order chi connectivity index (χ1) is 6.89. The third-order valence-electron chi connectivity index (χ3n) is 2.86. The van der Waals surface area contributed by atoms with Gasteiger partial charge in [-0.1, -0.05) is 27.7 Å². The van der Waals surface area contributed by atoms with Crippen molar-refractivity contribution in [1.82, 2.24) is 5.32 Å². The van der Waals surface area contributed by atoms with E-state index in [-0.39, 0.29) is 0 Å². The van der Waals surface area contributed by atoms with Gasteiger partial charge in [0.25, 0.3) is 0 Å². The van der Waals surface area contributed by atoms with Crippen molar-refractivity contribution < 1.29 is 0 Å². The normalized spacial score (nSPS) is 14.2. The molecule has 1 N–H and O–H groups in total. The molecule has 0 aromatic carbocycles. The van der Waals surface area contributed by atoms with Gasteiger partial charge in [-0.05, 0) is 45.9 Å². The maximum atomic E-state index is 3.51. The van der Waals surface area contributed by atoms with Crippen LogP contribution in [0.3, 0.4) is 0 Å². The molecule has 1 nitrogen and oxygen atoms in total. The van der Waals surface area contributed by atoms with Crippen LogP contribution in [-0.2, 0) is 6.54 Å². The summed E-state index contributed by atoms with van der Waals surface area (Å²) in [5.41, 5.74) is 0.392. The molecular formula is C12H20BrNS. The molecule has 1 rings (SSSR count). The first-order valence-electron chi connectivity index (χ1n) is 5.34. The predicted molar refractivity (Wildman–Crippen MR) is 72.3 cm³/mol. The van der Waals surface area contributed by atoms with Crippen molar-refractivity contribution in [2.75, 3.05) is 6.54 Å². The van der Waals surface area contributed by atoms with Crippen molar-refractivity contribution in [2.24, 2.45) is 11.3 Å². The summed E-state index contributed by atoms with van der Waals surface area (Å²) in [6, 6.07) is 4.28. The Morgan fingerprint density at radius 3 is 2.53 bits per heavy atom. The summed E-state index contributed by atoms with van der Waals surface area (Å²) in [4.78, 5) is 1.39. The summed E-state index contributed by atoms with van der Waals surface area (Å²) in [5, 5.41) is 3.51. The second-order valence-electron chi connectivity index (χ2n) is 5.10. The van der Waals surface area contributed by atoms with E-state index in [0.29, 0.717) is 11.3 Å². The van der Waals surface area contributed by atoms with Gasteiger partial charge < -0.3 is 5.32 Å². The van der Waals surface area contributed by atoms with Crippen LogP contribution in [0.2, 0.25) is 0 Å². The van der Waals surface area contributed by atoms with Crippen LogP contribution in [0.5, 0.6) is 0 Å². The van der Waals surface area contributed by atoms with Gasteiger partial charge in [0, 0.05) is 11.4 Å². The summed E-state index contributed by atoms with van der Waals surface area (Å²) < 4.78 is 1.21. The van der Waals surface area contributed by atoms with Crippen molar-refractivity contribution in [1.29, 1.82) is 0 Å². The highest BCUT2D eigenvalue weighted by Crippen LogP contribution is 2.25. The molecule has 1 aromatic heterocycles. The highest BCUT2D eigenvalue weighted by atomic mass is 79.9. The fourth-order valence-corrected chi connectivity index (χ4v) is 2.62. The molecule has 0 saturated carbocycles. The van der Waals surface area contributed by atoms with Crippen molar-refractivity contribution >= 4 is 27.3 Å². The zero-order valence-electron chi connectivity index (χ0n) is 9.93. The van der Waals surface area contributed by atoms with Crippen LogP contribution in [0.15, 0.2) is 15.9 Å². The smallest absolute Gasteiger partial charge is 0.0701 e. The Balaban J connectivity index is 2.28.